The molecule has 1 N–H and O–H groups in total. The summed E-state index contributed by atoms with van der Waals surface area (Å²) in [6.07, 6.45) is 3.92. The molecule has 0 saturated heterocycles. The SMILES string of the molecule is CN(CCC(=O)Nc1nnc(C2CC2)s1)C[C@H]1Cc2ccccc2O1. The van der Waals surface area contributed by atoms with Gasteiger partial charge in [-0.1, -0.05) is 29.5 Å². The molecule has 1 atom stereocenters. The monoisotopic (exact) mass is 358 g/mol. The van der Waals surface area contributed by atoms with Crippen molar-refractivity contribution in [3.8, 4) is 5.75 Å². The summed E-state index contributed by atoms with van der Waals surface area (Å²) in [6.45, 7) is 1.50. The highest BCUT2D eigenvalue weighted by Crippen LogP contribution is 2.42. The van der Waals surface area contributed by atoms with E-state index in [1.54, 1.807) is 0 Å². The lowest BCUT2D eigenvalue weighted by Crippen LogP contribution is -2.34. The maximum atomic E-state index is 12.1. The fourth-order valence-electron chi connectivity index (χ4n) is 3.05. The summed E-state index contributed by atoms with van der Waals surface area (Å²) < 4.78 is 5.95. The molecule has 132 valence electrons. The van der Waals surface area contributed by atoms with E-state index in [4.69, 9.17) is 4.74 Å². The van der Waals surface area contributed by atoms with E-state index in [0.29, 0.717) is 24.0 Å². The fraction of sp³-hybridized carbons (Fsp3) is 0.500. The summed E-state index contributed by atoms with van der Waals surface area (Å²) >= 11 is 1.50. The minimum Gasteiger partial charge on any atom is -0.488 e. The van der Waals surface area contributed by atoms with Crippen LogP contribution in [-0.4, -0.2) is 47.2 Å². The predicted molar refractivity (Wildman–Crippen MR) is 97.2 cm³/mol. The molecule has 2 aromatic rings. The number of hydrogen-bond acceptors (Lipinski definition) is 6. The van der Waals surface area contributed by atoms with Crippen molar-refractivity contribution in [2.24, 2.45) is 0 Å². The molecule has 7 heteroatoms. The summed E-state index contributed by atoms with van der Waals surface area (Å²) in [7, 11) is 2.02. The summed E-state index contributed by atoms with van der Waals surface area (Å²) in [6, 6.07) is 8.17. The van der Waals surface area contributed by atoms with E-state index >= 15 is 0 Å². The third kappa shape index (κ3) is 4.16. The van der Waals surface area contributed by atoms with Gasteiger partial charge in [-0.2, -0.15) is 0 Å². The van der Waals surface area contributed by atoms with E-state index in [1.807, 2.05) is 25.2 Å². The largest absolute Gasteiger partial charge is 0.488 e. The van der Waals surface area contributed by atoms with Crippen LogP contribution in [0.15, 0.2) is 24.3 Å². The first-order valence-corrected chi connectivity index (χ1v) is 9.55. The zero-order chi connectivity index (χ0) is 17.2. The minimum absolute atomic E-state index is 0.0130. The van der Waals surface area contributed by atoms with Gasteiger partial charge in [-0.05, 0) is 31.5 Å². The van der Waals surface area contributed by atoms with Gasteiger partial charge in [-0.3, -0.25) is 4.79 Å². The minimum atomic E-state index is -0.0130. The number of amides is 1. The number of nitrogens with zero attached hydrogens (tertiary/aromatic N) is 3. The number of likely N-dealkylation sites (N-methyl/N-ethyl adjacent to an activating group) is 1. The smallest absolute Gasteiger partial charge is 0.227 e. The maximum absolute atomic E-state index is 12.1. The molecule has 1 saturated carbocycles. The molecule has 0 radical (unpaired) electrons. The Morgan fingerprint density at radius 2 is 2.20 bits per heavy atom. The Bertz CT molecular complexity index is 734. The molecule has 6 nitrogen and oxygen atoms in total. The number of ether oxygens (including phenoxy) is 1. The van der Waals surface area contributed by atoms with Crippen molar-refractivity contribution >= 4 is 22.4 Å². The lowest BCUT2D eigenvalue weighted by molar-refractivity contribution is -0.116. The Morgan fingerprint density at radius 1 is 1.36 bits per heavy atom. The molecule has 1 aromatic heterocycles. The van der Waals surface area contributed by atoms with Crippen LogP contribution < -0.4 is 10.1 Å². The van der Waals surface area contributed by atoms with E-state index < -0.39 is 0 Å². The number of aromatic nitrogens is 2. The lowest BCUT2D eigenvalue weighted by Gasteiger charge is -2.20. The third-order valence-electron chi connectivity index (χ3n) is 4.56. The molecule has 1 aliphatic heterocycles. The average molecular weight is 358 g/mol. The van der Waals surface area contributed by atoms with Gasteiger partial charge in [0, 0.05) is 31.8 Å². The van der Waals surface area contributed by atoms with Crippen molar-refractivity contribution in [3.63, 3.8) is 0 Å². The van der Waals surface area contributed by atoms with Crippen LogP contribution in [0.4, 0.5) is 5.13 Å². The van der Waals surface area contributed by atoms with Crippen LogP contribution in [0, 0.1) is 0 Å². The molecule has 2 aliphatic rings. The molecule has 0 spiro atoms. The molecule has 4 rings (SSSR count). The molecule has 1 aliphatic carbocycles. The second-order valence-electron chi connectivity index (χ2n) is 6.83. The number of fused-ring (bicyclic) bond motifs is 1. The zero-order valence-electron chi connectivity index (χ0n) is 14.3. The standard InChI is InChI=1S/C18H22N4O2S/c1-22(11-14-10-13-4-2-3-5-15(13)24-14)9-8-16(23)19-18-21-20-17(25-18)12-6-7-12/h2-5,12,14H,6-11H2,1H3,(H,19,21,23)/t14-/m1/s1. The fourth-order valence-corrected chi connectivity index (χ4v) is 3.98. The van der Waals surface area contributed by atoms with Crippen molar-refractivity contribution in [1.82, 2.24) is 15.1 Å². The van der Waals surface area contributed by atoms with Gasteiger partial charge in [0.15, 0.2) is 0 Å². The third-order valence-corrected chi connectivity index (χ3v) is 5.56. The molecule has 1 aromatic carbocycles. The summed E-state index contributed by atoms with van der Waals surface area (Å²) in [5, 5.41) is 12.7. The van der Waals surface area contributed by atoms with Crippen LogP contribution >= 0.6 is 11.3 Å². The molecular weight excluding hydrogens is 336 g/mol. The highest BCUT2D eigenvalue weighted by atomic mass is 32.1. The van der Waals surface area contributed by atoms with Gasteiger partial charge in [-0.15, -0.1) is 10.2 Å². The maximum Gasteiger partial charge on any atom is 0.227 e. The molecule has 0 unspecified atom stereocenters. The van der Waals surface area contributed by atoms with E-state index in [-0.39, 0.29) is 12.0 Å². The number of benzene rings is 1. The Morgan fingerprint density at radius 3 is 3.00 bits per heavy atom. The second kappa shape index (κ2) is 7.09. The van der Waals surface area contributed by atoms with Crippen molar-refractivity contribution in [1.29, 1.82) is 0 Å². The van der Waals surface area contributed by atoms with Crippen LogP contribution in [0.25, 0.3) is 0 Å². The zero-order valence-corrected chi connectivity index (χ0v) is 15.1. The highest BCUT2D eigenvalue weighted by molar-refractivity contribution is 7.15. The molecular formula is C18H22N4O2S. The van der Waals surface area contributed by atoms with Gasteiger partial charge >= 0.3 is 0 Å². The van der Waals surface area contributed by atoms with Gasteiger partial charge in [0.1, 0.15) is 16.9 Å². The molecule has 1 fully saturated rings. The van der Waals surface area contributed by atoms with Crippen LogP contribution in [0.5, 0.6) is 5.75 Å². The summed E-state index contributed by atoms with van der Waals surface area (Å²) in [5.41, 5.74) is 1.27. The number of anilines is 1. The van der Waals surface area contributed by atoms with Crippen molar-refractivity contribution < 1.29 is 9.53 Å². The number of nitrogens with one attached hydrogen (secondary N) is 1. The van der Waals surface area contributed by atoms with Crippen LogP contribution in [-0.2, 0) is 11.2 Å². The topological polar surface area (TPSA) is 67.4 Å². The molecule has 1 amide bonds. The number of hydrogen-bond donors (Lipinski definition) is 1. The first-order valence-electron chi connectivity index (χ1n) is 8.74. The molecule has 25 heavy (non-hydrogen) atoms. The Labute approximate surface area is 151 Å². The van der Waals surface area contributed by atoms with Gasteiger partial charge in [0.2, 0.25) is 11.0 Å². The lowest BCUT2D eigenvalue weighted by atomic mass is 10.1. The van der Waals surface area contributed by atoms with Crippen LogP contribution in [0.3, 0.4) is 0 Å². The van der Waals surface area contributed by atoms with Gasteiger partial charge in [-0.25, -0.2) is 0 Å². The highest BCUT2D eigenvalue weighted by Gasteiger charge is 2.28. The number of carbonyl (C=O) groups is 1. The molecule has 2 heterocycles. The van der Waals surface area contributed by atoms with Gasteiger partial charge in [0.25, 0.3) is 0 Å². The molecule has 0 bridgehead atoms. The summed E-state index contributed by atoms with van der Waals surface area (Å²) in [5.74, 6) is 1.55. The van der Waals surface area contributed by atoms with Crippen LogP contribution in [0.1, 0.15) is 35.8 Å². The first kappa shape index (κ1) is 16.5. The van der Waals surface area contributed by atoms with Gasteiger partial charge < -0.3 is 15.0 Å². The van der Waals surface area contributed by atoms with Crippen molar-refractivity contribution in [3.05, 3.63) is 34.8 Å². The van der Waals surface area contributed by atoms with E-state index in [2.05, 4.69) is 26.5 Å². The van der Waals surface area contributed by atoms with Crippen molar-refractivity contribution in [2.75, 3.05) is 25.5 Å². The number of carbonyl (C=O) groups excluding carboxylic acids is 1. The van der Waals surface area contributed by atoms with E-state index in [0.717, 1.165) is 23.7 Å². The number of rotatable bonds is 7. The van der Waals surface area contributed by atoms with Crippen LogP contribution in [0.2, 0.25) is 0 Å². The quantitative estimate of drug-likeness (QED) is 0.824. The first-order chi connectivity index (χ1) is 12.2. The van der Waals surface area contributed by atoms with Gasteiger partial charge in [0.05, 0.1) is 0 Å². The number of para-hydroxylation sites is 1. The second-order valence-corrected chi connectivity index (χ2v) is 7.84. The van der Waals surface area contributed by atoms with E-state index in [1.165, 1.54) is 29.7 Å². The Kier molecular flexibility index (Phi) is 4.67. The van der Waals surface area contributed by atoms with Crippen molar-refractivity contribution in [2.45, 2.75) is 37.7 Å². The van der Waals surface area contributed by atoms with E-state index in [9.17, 15) is 4.79 Å². The average Bonchev–Trinajstić information content (AvgIpc) is 3.21. The normalized spacial score (nSPS) is 18.9. The predicted octanol–water partition coefficient (Wildman–Crippen LogP) is 2.68. The summed E-state index contributed by atoms with van der Waals surface area (Å²) in [4.78, 5) is 14.2. The Hall–Kier alpha value is -1.99. The Balaban J connectivity index is 1.19.